The van der Waals surface area contributed by atoms with E-state index >= 15 is 0 Å². The predicted molar refractivity (Wildman–Crippen MR) is 84.1 cm³/mol. The van der Waals surface area contributed by atoms with Gasteiger partial charge >= 0.3 is 0 Å². The summed E-state index contributed by atoms with van der Waals surface area (Å²) in [6.45, 7) is 3.19. The maximum absolute atomic E-state index is 12.2. The largest absolute Gasteiger partial charge is 0.497 e. The molecule has 1 fully saturated rings. The van der Waals surface area contributed by atoms with Crippen LogP contribution in [0, 0.1) is 0 Å². The summed E-state index contributed by atoms with van der Waals surface area (Å²) in [5.41, 5.74) is 2.03. The summed E-state index contributed by atoms with van der Waals surface area (Å²) in [6.07, 6.45) is 3.69. The molecule has 0 atom stereocenters. The van der Waals surface area contributed by atoms with E-state index in [0.29, 0.717) is 6.42 Å². The van der Waals surface area contributed by atoms with Gasteiger partial charge in [0, 0.05) is 43.8 Å². The molecule has 0 bridgehead atoms. The van der Waals surface area contributed by atoms with E-state index in [1.807, 2.05) is 17.0 Å². The number of carbonyl (C=O) groups is 1. The topological polar surface area (TPSA) is 61.5 Å². The van der Waals surface area contributed by atoms with Crippen LogP contribution in [0.1, 0.15) is 5.69 Å². The third-order valence-corrected chi connectivity index (χ3v) is 3.97. The van der Waals surface area contributed by atoms with Crippen molar-refractivity contribution in [2.45, 2.75) is 6.42 Å². The van der Waals surface area contributed by atoms with Gasteiger partial charge in [-0.15, -0.1) is 0 Å². The molecule has 1 aromatic carbocycles. The Morgan fingerprint density at radius 3 is 2.55 bits per heavy atom. The fourth-order valence-corrected chi connectivity index (χ4v) is 2.66. The van der Waals surface area contributed by atoms with Gasteiger partial charge < -0.3 is 19.5 Å². The molecule has 1 saturated heterocycles. The van der Waals surface area contributed by atoms with Gasteiger partial charge in [-0.25, -0.2) is 4.98 Å². The van der Waals surface area contributed by atoms with Crippen molar-refractivity contribution in [3.8, 4) is 5.75 Å². The van der Waals surface area contributed by atoms with Crippen LogP contribution in [0.4, 0.5) is 5.69 Å². The number of nitrogens with zero attached hydrogens (tertiary/aromatic N) is 3. The molecule has 6 nitrogen and oxygen atoms in total. The van der Waals surface area contributed by atoms with Gasteiger partial charge in [-0.3, -0.25) is 4.79 Å². The summed E-state index contributed by atoms with van der Waals surface area (Å²) >= 11 is 0. The van der Waals surface area contributed by atoms with Gasteiger partial charge in [-0.2, -0.15) is 0 Å². The Kier molecular flexibility index (Phi) is 4.27. The number of aromatic amines is 1. The Hall–Kier alpha value is -2.50. The van der Waals surface area contributed by atoms with Gasteiger partial charge in [-0.1, -0.05) is 0 Å². The van der Waals surface area contributed by atoms with Crippen molar-refractivity contribution in [3.05, 3.63) is 42.5 Å². The second kappa shape index (κ2) is 6.51. The molecule has 1 aliphatic rings. The monoisotopic (exact) mass is 300 g/mol. The Morgan fingerprint density at radius 1 is 1.23 bits per heavy atom. The lowest BCUT2D eigenvalue weighted by atomic mass is 10.2. The van der Waals surface area contributed by atoms with Crippen LogP contribution in [0.25, 0.3) is 0 Å². The minimum absolute atomic E-state index is 0.152. The third-order valence-electron chi connectivity index (χ3n) is 3.97. The first kappa shape index (κ1) is 14.4. The molecule has 1 aliphatic heterocycles. The number of aromatic nitrogens is 2. The number of anilines is 1. The fourth-order valence-electron chi connectivity index (χ4n) is 2.66. The second-order valence-corrected chi connectivity index (χ2v) is 5.32. The number of carbonyl (C=O) groups excluding carboxylic acids is 1. The van der Waals surface area contributed by atoms with E-state index in [-0.39, 0.29) is 5.91 Å². The number of hydrogen-bond donors (Lipinski definition) is 1. The fraction of sp³-hybridized carbons (Fsp3) is 0.375. The molecular formula is C16H20N4O2. The van der Waals surface area contributed by atoms with Crippen LogP contribution in [0.5, 0.6) is 5.75 Å². The molecular weight excluding hydrogens is 280 g/mol. The zero-order valence-electron chi connectivity index (χ0n) is 12.7. The average molecular weight is 300 g/mol. The number of imidazole rings is 1. The van der Waals surface area contributed by atoms with Crippen molar-refractivity contribution < 1.29 is 9.53 Å². The number of amides is 1. The predicted octanol–water partition coefficient (Wildman–Crippen LogP) is 1.31. The van der Waals surface area contributed by atoms with Crippen LogP contribution >= 0.6 is 0 Å². The van der Waals surface area contributed by atoms with Gasteiger partial charge in [0.15, 0.2) is 0 Å². The molecule has 2 heterocycles. The van der Waals surface area contributed by atoms with Gasteiger partial charge in [0.2, 0.25) is 5.91 Å². The number of ether oxygens (including phenoxy) is 1. The summed E-state index contributed by atoms with van der Waals surface area (Å²) in [7, 11) is 1.67. The number of piperazine rings is 1. The van der Waals surface area contributed by atoms with Gasteiger partial charge in [0.1, 0.15) is 5.75 Å². The SMILES string of the molecule is COc1ccc(N2CCN(C(=O)Cc3cnc[nH]3)CC2)cc1. The molecule has 22 heavy (non-hydrogen) atoms. The van der Waals surface area contributed by atoms with Crippen LogP contribution in [-0.4, -0.2) is 54.1 Å². The van der Waals surface area contributed by atoms with Gasteiger partial charge in [0.25, 0.3) is 0 Å². The van der Waals surface area contributed by atoms with E-state index in [1.165, 1.54) is 5.69 Å². The standard InChI is InChI=1S/C16H20N4O2/c1-22-15-4-2-14(3-5-15)19-6-8-20(9-7-19)16(21)10-13-11-17-12-18-13/h2-5,11-12H,6-10H2,1H3,(H,17,18). The summed E-state index contributed by atoms with van der Waals surface area (Å²) < 4.78 is 5.18. The summed E-state index contributed by atoms with van der Waals surface area (Å²) in [5.74, 6) is 1.01. The first-order chi connectivity index (χ1) is 10.8. The Bertz CT molecular complexity index is 602. The van der Waals surface area contributed by atoms with Crippen molar-refractivity contribution >= 4 is 11.6 Å². The maximum Gasteiger partial charge on any atom is 0.228 e. The quantitative estimate of drug-likeness (QED) is 0.925. The zero-order chi connectivity index (χ0) is 15.4. The molecule has 116 valence electrons. The first-order valence-corrected chi connectivity index (χ1v) is 7.40. The summed E-state index contributed by atoms with van der Waals surface area (Å²) in [6, 6.07) is 8.04. The highest BCUT2D eigenvalue weighted by molar-refractivity contribution is 5.78. The number of methoxy groups -OCH3 is 1. The van der Waals surface area contributed by atoms with Crippen molar-refractivity contribution in [1.29, 1.82) is 0 Å². The molecule has 0 saturated carbocycles. The van der Waals surface area contributed by atoms with Crippen LogP contribution < -0.4 is 9.64 Å². The van der Waals surface area contributed by atoms with Gasteiger partial charge in [-0.05, 0) is 24.3 Å². The summed E-state index contributed by atoms with van der Waals surface area (Å²) in [5, 5.41) is 0. The van der Waals surface area contributed by atoms with Crippen molar-refractivity contribution in [2.24, 2.45) is 0 Å². The van der Waals surface area contributed by atoms with Crippen LogP contribution in [0.2, 0.25) is 0 Å². The van der Waals surface area contributed by atoms with E-state index < -0.39 is 0 Å². The zero-order valence-corrected chi connectivity index (χ0v) is 12.7. The lowest BCUT2D eigenvalue weighted by Gasteiger charge is -2.36. The third kappa shape index (κ3) is 3.21. The number of H-pyrrole nitrogens is 1. The second-order valence-electron chi connectivity index (χ2n) is 5.32. The molecule has 2 aromatic rings. The highest BCUT2D eigenvalue weighted by Crippen LogP contribution is 2.20. The molecule has 1 N–H and O–H groups in total. The normalized spacial score (nSPS) is 15.0. The van der Waals surface area contributed by atoms with Crippen molar-refractivity contribution in [3.63, 3.8) is 0 Å². The van der Waals surface area contributed by atoms with E-state index in [9.17, 15) is 4.79 Å². The highest BCUT2D eigenvalue weighted by atomic mass is 16.5. The molecule has 0 radical (unpaired) electrons. The molecule has 1 aromatic heterocycles. The highest BCUT2D eigenvalue weighted by Gasteiger charge is 2.21. The number of hydrogen-bond acceptors (Lipinski definition) is 4. The van der Waals surface area contributed by atoms with Crippen molar-refractivity contribution in [1.82, 2.24) is 14.9 Å². The molecule has 0 unspecified atom stereocenters. The van der Waals surface area contributed by atoms with Crippen LogP contribution in [0.3, 0.4) is 0 Å². The lowest BCUT2D eigenvalue weighted by Crippen LogP contribution is -2.49. The molecule has 0 aliphatic carbocycles. The number of benzene rings is 1. The molecule has 3 rings (SSSR count). The number of rotatable bonds is 4. The molecule has 0 spiro atoms. The average Bonchev–Trinajstić information content (AvgIpc) is 3.08. The lowest BCUT2D eigenvalue weighted by molar-refractivity contribution is -0.130. The van der Waals surface area contributed by atoms with E-state index in [1.54, 1.807) is 19.6 Å². The van der Waals surface area contributed by atoms with Crippen molar-refractivity contribution in [2.75, 3.05) is 38.2 Å². The van der Waals surface area contributed by atoms with Crippen LogP contribution in [0.15, 0.2) is 36.8 Å². The molecule has 1 amide bonds. The van der Waals surface area contributed by atoms with Crippen LogP contribution in [-0.2, 0) is 11.2 Å². The minimum Gasteiger partial charge on any atom is -0.497 e. The van der Waals surface area contributed by atoms with E-state index in [2.05, 4.69) is 27.0 Å². The smallest absolute Gasteiger partial charge is 0.228 e. The van der Waals surface area contributed by atoms with Gasteiger partial charge in [0.05, 0.1) is 19.9 Å². The Labute approximate surface area is 129 Å². The van der Waals surface area contributed by atoms with E-state index in [4.69, 9.17) is 4.74 Å². The first-order valence-electron chi connectivity index (χ1n) is 7.40. The maximum atomic E-state index is 12.2. The van der Waals surface area contributed by atoms with E-state index in [0.717, 1.165) is 37.6 Å². The number of nitrogens with one attached hydrogen (secondary N) is 1. The Morgan fingerprint density at radius 2 is 1.95 bits per heavy atom. The minimum atomic E-state index is 0.152. The summed E-state index contributed by atoms with van der Waals surface area (Å²) in [4.78, 5) is 23.4. The Balaban J connectivity index is 1.54. The molecule has 6 heteroatoms.